The van der Waals surface area contributed by atoms with Crippen molar-refractivity contribution in [3.8, 4) is 11.3 Å². The molecule has 0 atom stereocenters. The van der Waals surface area contributed by atoms with Gasteiger partial charge in [-0.3, -0.25) is 19.6 Å². The van der Waals surface area contributed by atoms with Crippen molar-refractivity contribution in [3.63, 3.8) is 0 Å². The highest BCUT2D eigenvalue weighted by Gasteiger charge is 2.18. The summed E-state index contributed by atoms with van der Waals surface area (Å²) in [6, 6.07) is 23.2. The van der Waals surface area contributed by atoms with Crippen molar-refractivity contribution in [2.75, 3.05) is 0 Å². The van der Waals surface area contributed by atoms with Crippen molar-refractivity contribution in [2.45, 2.75) is 13.2 Å². The van der Waals surface area contributed by atoms with Crippen LogP contribution in [-0.2, 0) is 22.7 Å². The molecule has 4 aromatic rings. The molecule has 3 aromatic carbocycles. The number of primary amides is 1. The lowest BCUT2D eigenvalue weighted by atomic mass is 10.1. The first-order valence-corrected chi connectivity index (χ1v) is 11.0. The summed E-state index contributed by atoms with van der Waals surface area (Å²) in [7, 11) is 0. The van der Waals surface area contributed by atoms with E-state index in [-0.39, 0.29) is 23.4 Å². The summed E-state index contributed by atoms with van der Waals surface area (Å²) >= 11 is 0. The molecule has 1 amide bonds. The number of nitro benzene ring substituents is 1. The molecule has 0 spiro atoms. The minimum Gasteiger partial charge on any atom is -0.457 e. The van der Waals surface area contributed by atoms with Crippen LogP contribution in [0.3, 0.4) is 0 Å². The molecule has 0 saturated carbocycles. The maximum atomic E-state index is 12.4. The predicted molar refractivity (Wildman–Crippen MR) is 134 cm³/mol. The van der Waals surface area contributed by atoms with Gasteiger partial charge in [0.05, 0.1) is 22.7 Å². The van der Waals surface area contributed by atoms with Gasteiger partial charge in [0.1, 0.15) is 6.61 Å². The first-order chi connectivity index (χ1) is 17.4. The monoisotopic (exact) mass is 482 g/mol. The fourth-order valence-electron chi connectivity index (χ4n) is 3.59. The summed E-state index contributed by atoms with van der Waals surface area (Å²) in [5, 5.41) is 16.0. The minimum atomic E-state index is -0.786. The Labute approximate surface area is 206 Å². The van der Waals surface area contributed by atoms with E-state index in [1.165, 1.54) is 18.2 Å². The normalized spacial score (nSPS) is 10.9. The molecular formula is C27H22N4O5. The maximum absolute atomic E-state index is 12.4. The quantitative estimate of drug-likeness (QED) is 0.163. The molecule has 0 aliphatic heterocycles. The Balaban J connectivity index is 1.52. The number of nitrogens with zero attached hydrogens (tertiary/aromatic N) is 3. The van der Waals surface area contributed by atoms with Gasteiger partial charge in [0.25, 0.3) is 5.69 Å². The van der Waals surface area contributed by atoms with Crippen LogP contribution in [0.5, 0.6) is 0 Å². The van der Waals surface area contributed by atoms with Crippen molar-refractivity contribution in [1.29, 1.82) is 0 Å². The Morgan fingerprint density at radius 1 is 1.03 bits per heavy atom. The molecule has 0 saturated heterocycles. The first kappa shape index (κ1) is 24.1. The molecule has 4 rings (SSSR count). The molecule has 1 aromatic heterocycles. The Morgan fingerprint density at radius 2 is 1.72 bits per heavy atom. The van der Waals surface area contributed by atoms with E-state index in [1.54, 1.807) is 10.8 Å². The number of nitro groups is 1. The average molecular weight is 482 g/mol. The smallest absolute Gasteiger partial charge is 0.331 e. The van der Waals surface area contributed by atoms with Gasteiger partial charge in [0.15, 0.2) is 0 Å². The fourth-order valence-corrected chi connectivity index (χ4v) is 3.59. The molecule has 1 heterocycles. The number of carbonyl (C=O) groups is 2. The molecule has 0 aliphatic rings. The molecule has 2 N–H and O–H groups in total. The van der Waals surface area contributed by atoms with Gasteiger partial charge in [-0.05, 0) is 23.8 Å². The van der Waals surface area contributed by atoms with Gasteiger partial charge < -0.3 is 10.5 Å². The van der Waals surface area contributed by atoms with Crippen LogP contribution in [0.4, 0.5) is 5.69 Å². The molecule has 0 unspecified atom stereocenters. The molecule has 0 bridgehead atoms. The van der Waals surface area contributed by atoms with Gasteiger partial charge in [0, 0.05) is 35.0 Å². The summed E-state index contributed by atoms with van der Waals surface area (Å²) in [5.74, 6) is -1.47. The van der Waals surface area contributed by atoms with Gasteiger partial charge in [-0.25, -0.2) is 4.79 Å². The number of hydrogen-bond donors (Lipinski definition) is 1. The van der Waals surface area contributed by atoms with Crippen LogP contribution >= 0.6 is 0 Å². The molecule has 0 radical (unpaired) electrons. The van der Waals surface area contributed by atoms with E-state index in [1.807, 2.05) is 66.9 Å². The third kappa shape index (κ3) is 5.89. The van der Waals surface area contributed by atoms with Gasteiger partial charge in [-0.2, -0.15) is 5.10 Å². The molecular weight excluding hydrogens is 460 g/mol. The number of amides is 1. The summed E-state index contributed by atoms with van der Waals surface area (Å²) in [4.78, 5) is 34.4. The van der Waals surface area contributed by atoms with Crippen LogP contribution in [-0.4, -0.2) is 26.6 Å². The highest BCUT2D eigenvalue weighted by Crippen LogP contribution is 2.24. The van der Waals surface area contributed by atoms with Crippen molar-refractivity contribution in [1.82, 2.24) is 9.78 Å². The number of ether oxygens (including phenoxy) is 1. The second-order valence-corrected chi connectivity index (χ2v) is 7.89. The SMILES string of the molecule is NC(=O)c1ccc(COC(=O)/C=C/c2cn(Cc3ccccc3)nc2-c2ccccc2)c([N+](=O)[O-])c1. The molecule has 180 valence electrons. The molecule has 0 fully saturated rings. The standard InChI is InChI=1S/C27H22N4O5/c28-27(33)21-11-12-23(24(15-21)31(34)35)18-36-25(32)14-13-22-17-30(16-19-7-3-1-4-8-19)29-26(22)20-9-5-2-6-10-20/h1-15,17H,16,18H2,(H2,28,33)/b14-13+. The van der Waals surface area contributed by atoms with Crippen LogP contribution in [0, 0.1) is 10.1 Å². The van der Waals surface area contributed by atoms with Crippen LogP contribution in [0.25, 0.3) is 17.3 Å². The zero-order valence-corrected chi connectivity index (χ0v) is 19.1. The predicted octanol–water partition coefficient (Wildman–Crippen LogP) is 4.36. The van der Waals surface area contributed by atoms with Crippen LogP contribution in [0.1, 0.15) is 27.0 Å². The second kappa shape index (κ2) is 10.9. The number of aromatic nitrogens is 2. The number of rotatable bonds is 9. The van der Waals surface area contributed by atoms with Gasteiger partial charge >= 0.3 is 5.97 Å². The van der Waals surface area contributed by atoms with Crippen LogP contribution < -0.4 is 5.73 Å². The lowest BCUT2D eigenvalue weighted by Crippen LogP contribution is -2.12. The third-order valence-corrected chi connectivity index (χ3v) is 5.36. The van der Waals surface area contributed by atoms with Crippen molar-refractivity contribution < 1.29 is 19.2 Å². The van der Waals surface area contributed by atoms with Crippen molar-refractivity contribution in [3.05, 3.63) is 124 Å². The lowest BCUT2D eigenvalue weighted by Gasteiger charge is -2.05. The summed E-state index contributed by atoms with van der Waals surface area (Å²) in [5.41, 5.74) is 8.37. The number of esters is 1. The zero-order chi connectivity index (χ0) is 25.5. The molecule has 36 heavy (non-hydrogen) atoms. The van der Waals surface area contributed by atoms with Crippen molar-refractivity contribution in [2.24, 2.45) is 5.73 Å². The van der Waals surface area contributed by atoms with E-state index in [2.05, 4.69) is 0 Å². The minimum absolute atomic E-state index is 0.00220. The third-order valence-electron chi connectivity index (χ3n) is 5.36. The lowest BCUT2D eigenvalue weighted by molar-refractivity contribution is -0.385. The molecule has 0 aliphatic carbocycles. The van der Waals surface area contributed by atoms with E-state index in [0.29, 0.717) is 17.8 Å². The molecule has 9 nitrogen and oxygen atoms in total. The van der Waals surface area contributed by atoms with Gasteiger partial charge in [-0.1, -0.05) is 60.7 Å². The summed E-state index contributed by atoms with van der Waals surface area (Å²) < 4.78 is 7.01. The zero-order valence-electron chi connectivity index (χ0n) is 19.1. The Bertz CT molecular complexity index is 1430. The van der Waals surface area contributed by atoms with E-state index < -0.39 is 16.8 Å². The second-order valence-electron chi connectivity index (χ2n) is 7.89. The van der Waals surface area contributed by atoms with E-state index >= 15 is 0 Å². The van der Waals surface area contributed by atoms with E-state index in [4.69, 9.17) is 15.6 Å². The number of hydrogen-bond acceptors (Lipinski definition) is 6. The number of carbonyl (C=O) groups excluding carboxylic acids is 2. The molecule has 9 heteroatoms. The largest absolute Gasteiger partial charge is 0.457 e. The van der Waals surface area contributed by atoms with E-state index in [9.17, 15) is 19.7 Å². The van der Waals surface area contributed by atoms with Crippen LogP contribution in [0.15, 0.2) is 91.1 Å². The van der Waals surface area contributed by atoms with Gasteiger partial charge in [0.2, 0.25) is 5.91 Å². The Hall–Kier alpha value is -5.05. The Morgan fingerprint density at radius 3 is 2.39 bits per heavy atom. The van der Waals surface area contributed by atoms with Crippen molar-refractivity contribution >= 4 is 23.6 Å². The van der Waals surface area contributed by atoms with E-state index in [0.717, 1.165) is 17.2 Å². The fraction of sp³-hybridized carbons (Fsp3) is 0.0741. The highest BCUT2D eigenvalue weighted by atomic mass is 16.6. The Kier molecular flexibility index (Phi) is 7.30. The number of nitrogens with two attached hydrogens (primary N) is 1. The van der Waals surface area contributed by atoms with Crippen LogP contribution in [0.2, 0.25) is 0 Å². The summed E-state index contributed by atoms with van der Waals surface area (Å²) in [6.45, 7) is 0.223. The summed E-state index contributed by atoms with van der Waals surface area (Å²) in [6.07, 6.45) is 4.69. The first-order valence-electron chi connectivity index (χ1n) is 11.0. The van der Waals surface area contributed by atoms with Gasteiger partial charge in [-0.15, -0.1) is 0 Å². The topological polar surface area (TPSA) is 130 Å². The maximum Gasteiger partial charge on any atom is 0.331 e. The number of benzene rings is 3. The average Bonchev–Trinajstić information content (AvgIpc) is 3.29. The highest BCUT2D eigenvalue weighted by molar-refractivity contribution is 5.93.